The van der Waals surface area contributed by atoms with Crippen molar-refractivity contribution in [3.8, 4) is 17.2 Å². The van der Waals surface area contributed by atoms with Gasteiger partial charge in [0, 0.05) is 15.6 Å². The Morgan fingerprint density at radius 1 is 1.00 bits per heavy atom. The van der Waals surface area contributed by atoms with E-state index in [2.05, 4.69) is 17.5 Å². The van der Waals surface area contributed by atoms with E-state index in [-0.39, 0.29) is 19.1 Å². The van der Waals surface area contributed by atoms with Crippen LogP contribution in [0.15, 0.2) is 65.8 Å². The van der Waals surface area contributed by atoms with Crippen molar-refractivity contribution in [3.05, 3.63) is 87.4 Å². The molecule has 8 heteroatoms. The van der Waals surface area contributed by atoms with Gasteiger partial charge in [0.2, 0.25) is 0 Å². The topological polar surface area (TPSA) is 69.2 Å². The number of carbonyl (C=O) groups is 1. The molecule has 3 aromatic carbocycles. The molecule has 0 aromatic heterocycles. The number of ether oxygens (including phenoxy) is 3. The lowest BCUT2D eigenvalue weighted by atomic mass is 10.2. The molecule has 0 unspecified atom stereocenters. The zero-order valence-electron chi connectivity index (χ0n) is 18.3. The molecular weight excluding hydrogens is 463 g/mol. The molecule has 0 aliphatic rings. The fourth-order valence-corrected chi connectivity index (χ4v) is 3.43. The average Bonchev–Trinajstić information content (AvgIpc) is 2.83. The monoisotopic (exact) mass is 486 g/mol. The molecule has 0 aliphatic carbocycles. The normalized spacial score (nSPS) is 10.8. The third-order valence-corrected chi connectivity index (χ3v) is 5.41. The van der Waals surface area contributed by atoms with Crippen molar-refractivity contribution >= 4 is 35.3 Å². The molecule has 0 heterocycles. The maximum atomic E-state index is 12.0. The Morgan fingerprint density at radius 2 is 1.76 bits per heavy atom. The minimum atomic E-state index is -0.364. The molecule has 0 atom stereocenters. The largest absolute Gasteiger partial charge is 0.493 e. The summed E-state index contributed by atoms with van der Waals surface area (Å²) in [5.41, 5.74) is 5.00. The van der Waals surface area contributed by atoms with Gasteiger partial charge < -0.3 is 14.2 Å². The summed E-state index contributed by atoms with van der Waals surface area (Å²) in [7, 11) is 1.54. The molecule has 3 rings (SSSR count). The van der Waals surface area contributed by atoms with Gasteiger partial charge in [-0.3, -0.25) is 4.79 Å². The van der Waals surface area contributed by atoms with Crippen molar-refractivity contribution in [2.24, 2.45) is 5.10 Å². The van der Waals surface area contributed by atoms with Crippen molar-refractivity contribution < 1.29 is 19.0 Å². The van der Waals surface area contributed by atoms with E-state index in [9.17, 15) is 4.79 Å². The number of nitrogens with one attached hydrogen (secondary N) is 1. The van der Waals surface area contributed by atoms with E-state index in [4.69, 9.17) is 37.4 Å². The summed E-state index contributed by atoms with van der Waals surface area (Å²) in [6.07, 6.45) is 2.40. The molecule has 0 fully saturated rings. The van der Waals surface area contributed by atoms with Crippen LogP contribution in [0.3, 0.4) is 0 Å². The van der Waals surface area contributed by atoms with Crippen LogP contribution < -0.4 is 19.6 Å². The summed E-state index contributed by atoms with van der Waals surface area (Å²) in [5.74, 6) is 1.31. The maximum absolute atomic E-state index is 12.0. The van der Waals surface area contributed by atoms with Gasteiger partial charge in [-0.05, 0) is 60.0 Å². The van der Waals surface area contributed by atoms with Crippen molar-refractivity contribution in [1.82, 2.24) is 5.43 Å². The molecule has 0 saturated heterocycles. The Labute approximate surface area is 203 Å². The number of amides is 1. The second-order valence-electron chi connectivity index (χ2n) is 6.98. The van der Waals surface area contributed by atoms with E-state index in [1.807, 2.05) is 24.3 Å². The smallest absolute Gasteiger partial charge is 0.277 e. The summed E-state index contributed by atoms with van der Waals surface area (Å²) in [6, 6.07) is 18.2. The van der Waals surface area contributed by atoms with E-state index in [1.54, 1.807) is 36.4 Å². The highest BCUT2D eigenvalue weighted by Crippen LogP contribution is 2.31. The molecule has 0 radical (unpaired) electrons. The van der Waals surface area contributed by atoms with Gasteiger partial charge in [0.25, 0.3) is 5.91 Å². The first kappa shape index (κ1) is 24.4. The Bertz CT molecular complexity index is 1110. The molecule has 0 bridgehead atoms. The lowest BCUT2D eigenvalue weighted by molar-refractivity contribution is -0.123. The first-order valence-electron chi connectivity index (χ1n) is 10.3. The summed E-state index contributed by atoms with van der Waals surface area (Å²) >= 11 is 12.4. The first-order chi connectivity index (χ1) is 16.0. The summed E-state index contributed by atoms with van der Waals surface area (Å²) < 4.78 is 16.8. The van der Waals surface area contributed by atoms with Crippen LogP contribution in [-0.2, 0) is 17.8 Å². The first-order valence-corrected chi connectivity index (χ1v) is 11.0. The van der Waals surface area contributed by atoms with Gasteiger partial charge in [0.1, 0.15) is 12.4 Å². The van der Waals surface area contributed by atoms with Gasteiger partial charge in [0.15, 0.2) is 18.1 Å². The lowest BCUT2D eigenvalue weighted by Gasteiger charge is -2.13. The second kappa shape index (κ2) is 12.1. The summed E-state index contributed by atoms with van der Waals surface area (Å²) in [6.45, 7) is 2.12. The van der Waals surface area contributed by atoms with Crippen LogP contribution >= 0.6 is 23.2 Å². The fourth-order valence-electron chi connectivity index (χ4n) is 2.92. The minimum Gasteiger partial charge on any atom is -0.493 e. The molecule has 172 valence electrons. The predicted octanol–water partition coefficient (Wildman–Crippen LogP) is 5.67. The number of methoxy groups -OCH3 is 1. The summed E-state index contributed by atoms with van der Waals surface area (Å²) in [5, 5.41) is 5.03. The number of benzene rings is 3. The number of halogens is 2. The maximum Gasteiger partial charge on any atom is 0.277 e. The van der Waals surface area contributed by atoms with Crippen LogP contribution in [0.2, 0.25) is 10.0 Å². The van der Waals surface area contributed by atoms with Crippen LogP contribution in [0.5, 0.6) is 17.2 Å². The Balaban J connectivity index is 1.54. The van der Waals surface area contributed by atoms with Gasteiger partial charge in [-0.25, -0.2) is 5.43 Å². The van der Waals surface area contributed by atoms with Gasteiger partial charge in [-0.15, -0.1) is 0 Å². The molecule has 1 amide bonds. The zero-order valence-corrected chi connectivity index (χ0v) is 19.8. The van der Waals surface area contributed by atoms with Gasteiger partial charge in [0.05, 0.1) is 13.3 Å². The van der Waals surface area contributed by atoms with Crippen molar-refractivity contribution in [2.75, 3.05) is 13.7 Å². The number of hydrazone groups is 1. The van der Waals surface area contributed by atoms with Crippen molar-refractivity contribution in [1.29, 1.82) is 0 Å². The highest BCUT2D eigenvalue weighted by Gasteiger charge is 2.10. The minimum absolute atomic E-state index is 0.134. The number of nitrogens with zero attached hydrogens (tertiary/aromatic N) is 1. The third-order valence-electron chi connectivity index (χ3n) is 4.70. The van der Waals surface area contributed by atoms with Crippen molar-refractivity contribution in [2.45, 2.75) is 20.0 Å². The number of hydrogen-bond acceptors (Lipinski definition) is 5. The highest BCUT2D eigenvalue weighted by atomic mass is 35.5. The van der Waals surface area contributed by atoms with Crippen LogP contribution in [-0.4, -0.2) is 25.8 Å². The fraction of sp³-hybridized carbons (Fsp3) is 0.200. The highest BCUT2D eigenvalue weighted by molar-refractivity contribution is 6.35. The molecule has 0 saturated carbocycles. The molecular formula is C25H24Cl2N2O4. The third kappa shape index (κ3) is 7.14. The second-order valence-corrected chi connectivity index (χ2v) is 7.80. The van der Waals surface area contributed by atoms with Gasteiger partial charge in [-0.1, -0.05) is 48.3 Å². The molecule has 0 spiro atoms. The van der Waals surface area contributed by atoms with E-state index in [0.717, 1.165) is 12.0 Å². The molecule has 0 aliphatic heterocycles. The molecule has 3 aromatic rings. The van der Waals surface area contributed by atoms with Crippen LogP contribution in [0, 0.1) is 0 Å². The summed E-state index contributed by atoms with van der Waals surface area (Å²) in [4.78, 5) is 12.0. The average molecular weight is 487 g/mol. The SMILES string of the molecule is CCc1cccc(OCC(=O)N/N=C\c2ccc(OCc3c(Cl)cccc3Cl)c(OC)c2)c1. The van der Waals surface area contributed by atoms with E-state index in [0.29, 0.717) is 38.4 Å². The van der Waals surface area contributed by atoms with E-state index < -0.39 is 0 Å². The number of carbonyl (C=O) groups excluding carboxylic acids is 1. The van der Waals surface area contributed by atoms with Crippen molar-refractivity contribution in [3.63, 3.8) is 0 Å². The molecule has 33 heavy (non-hydrogen) atoms. The Kier molecular flexibility index (Phi) is 8.98. The predicted molar refractivity (Wildman–Crippen MR) is 131 cm³/mol. The van der Waals surface area contributed by atoms with Gasteiger partial charge >= 0.3 is 0 Å². The van der Waals surface area contributed by atoms with E-state index >= 15 is 0 Å². The molecule has 1 N–H and O–H groups in total. The Morgan fingerprint density at radius 3 is 2.48 bits per heavy atom. The zero-order chi connectivity index (χ0) is 23.6. The van der Waals surface area contributed by atoms with Gasteiger partial charge in [-0.2, -0.15) is 5.10 Å². The number of rotatable bonds is 10. The quantitative estimate of drug-likeness (QED) is 0.296. The molecule has 6 nitrogen and oxygen atoms in total. The van der Waals surface area contributed by atoms with Crippen LogP contribution in [0.1, 0.15) is 23.6 Å². The lowest BCUT2D eigenvalue weighted by Crippen LogP contribution is -2.24. The Hall–Kier alpha value is -3.22. The van der Waals surface area contributed by atoms with Crippen LogP contribution in [0.25, 0.3) is 0 Å². The number of hydrogen-bond donors (Lipinski definition) is 1. The standard InChI is InChI=1S/C25H24Cl2N2O4/c1-3-17-6-4-7-19(12-17)32-16-25(30)29-28-14-18-10-11-23(24(13-18)31-2)33-15-20-21(26)8-5-9-22(20)27/h4-14H,3,15-16H2,1-2H3,(H,29,30)/b28-14-. The van der Waals surface area contributed by atoms with Crippen LogP contribution in [0.4, 0.5) is 0 Å². The van der Waals surface area contributed by atoms with E-state index in [1.165, 1.54) is 13.3 Å². The number of aryl methyl sites for hydroxylation is 1.